The van der Waals surface area contributed by atoms with Gasteiger partial charge in [0.25, 0.3) is 0 Å². The van der Waals surface area contributed by atoms with Crippen LogP contribution < -0.4 is 5.73 Å². The Balaban J connectivity index is 2.55. The van der Waals surface area contributed by atoms with Crippen molar-refractivity contribution in [1.29, 1.82) is 0 Å². The molecular weight excluding hydrogens is 221 g/mol. The molecule has 0 spiro atoms. The minimum absolute atomic E-state index is 0.102. The average Bonchev–Trinajstić information content (AvgIpc) is 2.64. The van der Waals surface area contributed by atoms with Crippen LogP contribution in [0, 0.1) is 17.5 Å². The second-order valence-electron chi connectivity index (χ2n) is 3.08. The van der Waals surface area contributed by atoms with E-state index in [1.165, 1.54) is 6.20 Å². The lowest BCUT2D eigenvalue weighted by atomic mass is 10.3. The first kappa shape index (κ1) is 10.6. The van der Waals surface area contributed by atoms with E-state index in [4.69, 9.17) is 5.73 Å². The van der Waals surface area contributed by atoms with Crippen LogP contribution in [0.1, 0.15) is 5.69 Å². The SMILES string of the molecule is NCc1cn(-c2c(F)cc(F)cc2F)nn1. The second-order valence-corrected chi connectivity index (χ2v) is 3.08. The number of nitrogens with zero attached hydrogens (tertiary/aromatic N) is 3. The highest BCUT2D eigenvalue weighted by Gasteiger charge is 2.14. The van der Waals surface area contributed by atoms with Gasteiger partial charge in [0.2, 0.25) is 0 Å². The molecule has 0 radical (unpaired) electrons. The van der Waals surface area contributed by atoms with Crippen molar-refractivity contribution in [2.24, 2.45) is 5.73 Å². The first-order valence-electron chi connectivity index (χ1n) is 4.38. The van der Waals surface area contributed by atoms with Crippen molar-refractivity contribution in [1.82, 2.24) is 15.0 Å². The highest BCUT2D eigenvalue weighted by Crippen LogP contribution is 2.18. The molecule has 0 saturated carbocycles. The van der Waals surface area contributed by atoms with Gasteiger partial charge in [-0.15, -0.1) is 5.10 Å². The zero-order valence-electron chi connectivity index (χ0n) is 7.99. The first-order chi connectivity index (χ1) is 7.61. The summed E-state index contributed by atoms with van der Waals surface area (Å²) >= 11 is 0. The van der Waals surface area contributed by atoms with E-state index in [1.54, 1.807) is 0 Å². The van der Waals surface area contributed by atoms with Gasteiger partial charge in [-0.25, -0.2) is 17.9 Å². The third-order valence-electron chi connectivity index (χ3n) is 1.96. The van der Waals surface area contributed by atoms with E-state index in [0.717, 1.165) is 4.68 Å². The summed E-state index contributed by atoms with van der Waals surface area (Å²) in [6.45, 7) is 0.102. The maximum absolute atomic E-state index is 13.3. The van der Waals surface area contributed by atoms with Crippen LogP contribution in [0.4, 0.5) is 13.2 Å². The fraction of sp³-hybridized carbons (Fsp3) is 0.111. The van der Waals surface area contributed by atoms with Crippen molar-refractivity contribution in [3.8, 4) is 5.69 Å². The molecule has 0 aliphatic carbocycles. The van der Waals surface area contributed by atoms with Gasteiger partial charge in [0, 0.05) is 18.7 Å². The Hall–Kier alpha value is -1.89. The number of nitrogens with two attached hydrogens (primary N) is 1. The summed E-state index contributed by atoms with van der Waals surface area (Å²) in [5.41, 5.74) is 5.18. The quantitative estimate of drug-likeness (QED) is 0.838. The van der Waals surface area contributed by atoms with Gasteiger partial charge in [-0.3, -0.25) is 0 Å². The molecule has 84 valence electrons. The molecule has 0 amide bonds. The zero-order chi connectivity index (χ0) is 11.7. The van der Waals surface area contributed by atoms with Gasteiger partial charge in [-0.1, -0.05) is 5.21 Å². The van der Waals surface area contributed by atoms with E-state index >= 15 is 0 Å². The van der Waals surface area contributed by atoms with Crippen molar-refractivity contribution in [2.45, 2.75) is 6.54 Å². The van der Waals surface area contributed by atoms with Crippen LogP contribution in [0.3, 0.4) is 0 Å². The Morgan fingerprint density at radius 3 is 2.31 bits per heavy atom. The third kappa shape index (κ3) is 1.76. The lowest BCUT2D eigenvalue weighted by Crippen LogP contribution is -2.03. The number of hydrogen-bond donors (Lipinski definition) is 1. The van der Waals surface area contributed by atoms with Gasteiger partial charge in [0.05, 0.1) is 11.9 Å². The molecule has 1 heterocycles. The Morgan fingerprint density at radius 1 is 1.19 bits per heavy atom. The van der Waals surface area contributed by atoms with Crippen LogP contribution in [-0.2, 0) is 6.54 Å². The minimum atomic E-state index is -1.05. The average molecular weight is 228 g/mol. The van der Waals surface area contributed by atoms with Crippen LogP contribution in [-0.4, -0.2) is 15.0 Å². The van der Waals surface area contributed by atoms with Gasteiger partial charge in [-0.05, 0) is 0 Å². The molecule has 4 nitrogen and oxygen atoms in total. The number of rotatable bonds is 2. The van der Waals surface area contributed by atoms with Crippen LogP contribution in [0.15, 0.2) is 18.3 Å². The van der Waals surface area contributed by atoms with E-state index < -0.39 is 23.1 Å². The second kappa shape index (κ2) is 3.93. The summed E-state index contributed by atoms with van der Waals surface area (Å²) in [6, 6.07) is 1.14. The lowest BCUT2D eigenvalue weighted by Gasteiger charge is -2.03. The molecule has 16 heavy (non-hydrogen) atoms. The standard InChI is InChI=1S/C9H7F3N4/c10-5-1-7(11)9(8(12)2-5)16-4-6(3-13)14-15-16/h1-2,4H,3,13H2. The van der Waals surface area contributed by atoms with Crippen molar-refractivity contribution in [3.63, 3.8) is 0 Å². The predicted octanol–water partition coefficient (Wildman–Crippen LogP) is 1.14. The molecule has 0 fully saturated rings. The highest BCUT2D eigenvalue weighted by molar-refractivity contribution is 5.34. The number of halogens is 3. The summed E-state index contributed by atoms with van der Waals surface area (Å²) in [4.78, 5) is 0. The van der Waals surface area contributed by atoms with Gasteiger partial charge in [-0.2, -0.15) is 0 Å². The van der Waals surface area contributed by atoms with E-state index in [1.807, 2.05) is 0 Å². The fourth-order valence-corrected chi connectivity index (χ4v) is 1.25. The zero-order valence-corrected chi connectivity index (χ0v) is 7.99. The molecule has 7 heteroatoms. The molecule has 0 aliphatic heterocycles. The predicted molar refractivity (Wildman–Crippen MR) is 49.1 cm³/mol. The topological polar surface area (TPSA) is 56.7 Å². The van der Waals surface area contributed by atoms with Gasteiger partial charge in [0.1, 0.15) is 11.5 Å². The normalized spacial score (nSPS) is 10.8. The Bertz CT molecular complexity index is 500. The molecule has 1 aromatic carbocycles. The number of aromatic nitrogens is 3. The molecule has 1 aromatic heterocycles. The van der Waals surface area contributed by atoms with Crippen LogP contribution in [0.5, 0.6) is 0 Å². The Labute approximate surface area is 88.5 Å². The molecule has 0 aliphatic rings. The summed E-state index contributed by atoms with van der Waals surface area (Å²) < 4.78 is 40.2. The van der Waals surface area contributed by atoms with E-state index in [9.17, 15) is 13.2 Å². The van der Waals surface area contributed by atoms with E-state index in [-0.39, 0.29) is 6.54 Å². The summed E-state index contributed by atoms with van der Waals surface area (Å²) in [5.74, 6) is -3.09. The van der Waals surface area contributed by atoms with Crippen molar-refractivity contribution < 1.29 is 13.2 Å². The van der Waals surface area contributed by atoms with E-state index in [2.05, 4.69) is 10.3 Å². The van der Waals surface area contributed by atoms with Crippen LogP contribution in [0.2, 0.25) is 0 Å². The molecular formula is C9H7F3N4. The smallest absolute Gasteiger partial charge is 0.154 e. The molecule has 2 N–H and O–H groups in total. The lowest BCUT2D eigenvalue weighted by molar-refractivity contribution is 0.526. The molecule has 0 bridgehead atoms. The van der Waals surface area contributed by atoms with E-state index in [0.29, 0.717) is 17.8 Å². The van der Waals surface area contributed by atoms with Gasteiger partial charge >= 0.3 is 0 Å². The van der Waals surface area contributed by atoms with Gasteiger partial charge < -0.3 is 5.73 Å². The highest BCUT2D eigenvalue weighted by atomic mass is 19.1. The van der Waals surface area contributed by atoms with Crippen LogP contribution in [0.25, 0.3) is 5.69 Å². The Morgan fingerprint density at radius 2 is 1.81 bits per heavy atom. The largest absolute Gasteiger partial charge is 0.325 e. The minimum Gasteiger partial charge on any atom is -0.325 e. The summed E-state index contributed by atoms with van der Waals surface area (Å²) in [7, 11) is 0. The fourth-order valence-electron chi connectivity index (χ4n) is 1.25. The van der Waals surface area contributed by atoms with Crippen molar-refractivity contribution in [2.75, 3.05) is 0 Å². The van der Waals surface area contributed by atoms with Crippen LogP contribution >= 0.6 is 0 Å². The van der Waals surface area contributed by atoms with Gasteiger partial charge in [0.15, 0.2) is 11.6 Å². The molecule has 2 aromatic rings. The molecule has 0 atom stereocenters. The maximum atomic E-state index is 13.3. The molecule has 2 rings (SSSR count). The molecule has 0 saturated heterocycles. The van der Waals surface area contributed by atoms with Crippen molar-refractivity contribution in [3.05, 3.63) is 41.5 Å². The maximum Gasteiger partial charge on any atom is 0.154 e. The first-order valence-corrected chi connectivity index (χ1v) is 4.38. The summed E-state index contributed by atoms with van der Waals surface area (Å²) in [6.07, 6.45) is 1.28. The third-order valence-corrected chi connectivity index (χ3v) is 1.96. The monoisotopic (exact) mass is 228 g/mol. The number of benzene rings is 1. The Kier molecular flexibility index (Phi) is 2.61. The molecule has 0 unspecified atom stereocenters. The summed E-state index contributed by atoms with van der Waals surface area (Å²) in [5, 5.41) is 7.07. The van der Waals surface area contributed by atoms with Crippen molar-refractivity contribution >= 4 is 0 Å². The number of hydrogen-bond acceptors (Lipinski definition) is 3.